The number of carbonyl (C=O) groups is 2. The Bertz CT molecular complexity index is 276. The van der Waals surface area contributed by atoms with Crippen LogP contribution in [0.4, 0.5) is 0 Å². The van der Waals surface area contributed by atoms with Crippen molar-refractivity contribution in [2.45, 2.75) is 28.9 Å². The van der Waals surface area contributed by atoms with Crippen LogP contribution < -0.4 is 0 Å². The van der Waals surface area contributed by atoms with Crippen molar-refractivity contribution in [3.05, 3.63) is 0 Å². The minimum Gasteiger partial charge on any atom is -0.469 e. The van der Waals surface area contributed by atoms with Gasteiger partial charge in [-0.05, 0) is 24.7 Å². The molecule has 1 aliphatic rings. The minimum atomic E-state index is -0.195. The van der Waals surface area contributed by atoms with Crippen LogP contribution in [0.15, 0.2) is 0 Å². The Balaban J connectivity index is 2.32. The van der Waals surface area contributed by atoms with Gasteiger partial charge < -0.3 is 9.47 Å². The van der Waals surface area contributed by atoms with E-state index in [0.717, 1.165) is 12.8 Å². The fourth-order valence-corrected chi connectivity index (χ4v) is 3.93. The average molecular weight is 372 g/mol. The smallest absolute Gasteiger partial charge is 0.305 e. The fourth-order valence-electron chi connectivity index (χ4n) is 2.00. The summed E-state index contributed by atoms with van der Waals surface area (Å²) < 4.78 is 9.07. The van der Waals surface area contributed by atoms with E-state index in [9.17, 15) is 9.59 Å². The highest BCUT2D eigenvalue weighted by Gasteiger charge is 2.60. The zero-order chi connectivity index (χ0) is 13.1. The quantitative estimate of drug-likeness (QED) is 0.532. The minimum absolute atomic E-state index is 0.137. The molecule has 1 rings (SSSR count). The van der Waals surface area contributed by atoms with Crippen LogP contribution in [-0.4, -0.2) is 29.4 Å². The van der Waals surface area contributed by atoms with Crippen LogP contribution in [0.25, 0.3) is 0 Å². The Morgan fingerprint density at radius 1 is 1.00 bits per heavy atom. The van der Waals surface area contributed by atoms with Crippen molar-refractivity contribution in [2.24, 2.45) is 11.8 Å². The predicted molar refractivity (Wildman–Crippen MR) is 70.1 cm³/mol. The molecule has 0 aromatic rings. The van der Waals surface area contributed by atoms with E-state index in [1.54, 1.807) is 0 Å². The van der Waals surface area contributed by atoms with E-state index in [0.29, 0.717) is 24.7 Å². The van der Waals surface area contributed by atoms with Crippen LogP contribution in [0.2, 0.25) is 0 Å². The Hall–Kier alpha value is -0.100. The van der Waals surface area contributed by atoms with Gasteiger partial charge in [-0.2, -0.15) is 0 Å². The first-order chi connectivity index (χ1) is 7.93. The van der Waals surface area contributed by atoms with E-state index in [2.05, 4.69) is 41.3 Å². The van der Waals surface area contributed by atoms with Crippen LogP contribution in [0.3, 0.4) is 0 Å². The molecule has 6 heteroatoms. The lowest BCUT2D eigenvalue weighted by Crippen LogP contribution is -2.02. The molecule has 0 N–H and O–H groups in total. The van der Waals surface area contributed by atoms with Gasteiger partial charge in [0.1, 0.15) is 0 Å². The summed E-state index contributed by atoms with van der Waals surface area (Å²) in [5.41, 5.74) is 0. The maximum atomic E-state index is 11.0. The molecule has 0 amide bonds. The van der Waals surface area contributed by atoms with Gasteiger partial charge in [-0.1, -0.05) is 31.9 Å². The average Bonchev–Trinajstić information content (AvgIpc) is 2.83. The van der Waals surface area contributed by atoms with Crippen molar-refractivity contribution >= 4 is 43.8 Å². The van der Waals surface area contributed by atoms with E-state index < -0.39 is 0 Å². The second kappa shape index (κ2) is 6.18. The van der Waals surface area contributed by atoms with Gasteiger partial charge in [0.15, 0.2) is 0 Å². The third-order valence-corrected chi connectivity index (χ3v) is 5.49. The summed E-state index contributed by atoms with van der Waals surface area (Å²) in [5, 5.41) is 0. The molecule has 1 aliphatic carbocycles. The van der Waals surface area contributed by atoms with Gasteiger partial charge in [0.05, 0.1) is 17.5 Å². The molecule has 0 radical (unpaired) electrons. The summed E-state index contributed by atoms with van der Waals surface area (Å²) >= 11 is 7.15. The summed E-state index contributed by atoms with van der Waals surface area (Å²) in [6.45, 7) is 0. The number of esters is 2. The van der Waals surface area contributed by atoms with Gasteiger partial charge in [-0.15, -0.1) is 0 Å². The molecule has 0 aromatic heterocycles. The number of hydrogen-bond acceptors (Lipinski definition) is 4. The summed E-state index contributed by atoms with van der Waals surface area (Å²) in [7, 11) is 2.78. The Morgan fingerprint density at radius 2 is 1.35 bits per heavy atom. The van der Waals surface area contributed by atoms with Gasteiger partial charge >= 0.3 is 11.9 Å². The number of rotatable bonds is 6. The molecular formula is C11H16Br2O4. The normalized spacial score (nSPS) is 25.2. The van der Waals surface area contributed by atoms with Gasteiger partial charge in [-0.25, -0.2) is 0 Å². The van der Waals surface area contributed by atoms with Crippen LogP contribution in [0.1, 0.15) is 25.7 Å². The van der Waals surface area contributed by atoms with Crippen LogP contribution in [-0.2, 0) is 19.1 Å². The fraction of sp³-hybridized carbons (Fsp3) is 0.818. The summed E-state index contributed by atoms with van der Waals surface area (Å²) in [6.07, 6.45) is 2.34. The molecule has 4 nitrogen and oxygen atoms in total. The largest absolute Gasteiger partial charge is 0.469 e. The summed E-state index contributed by atoms with van der Waals surface area (Å²) in [4.78, 5) is 22.1. The molecule has 2 atom stereocenters. The topological polar surface area (TPSA) is 52.6 Å². The number of hydrogen-bond donors (Lipinski definition) is 0. The molecule has 0 heterocycles. The highest BCUT2D eigenvalue weighted by atomic mass is 79.9. The maximum Gasteiger partial charge on any atom is 0.305 e. The molecule has 17 heavy (non-hydrogen) atoms. The van der Waals surface area contributed by atoms with Gasteiger partial charge in [0, 0.05) is 12.8 Å². The van der Waals surface area contributed by atoms with E-state index in [1.807, 2.05) is 0 Å². The predicted octanol–water partition coefficient (Wildman–Crippen LogP) is 2.62. The highest BCUT2D eigenvalue weighted by Crippen LogP contribution is 2.65. The van der Waals surface area contributed by atoms with Crippen molar-refractivity contribution in [3.8, 4) is 0 Å². The second-order valence-electron chi connectivity index (χ2n) is 4.12. The van der Waals surface area contributed by atoms with Crippen LogP contribution in [0.5, 0.6) is 0 Å². The van der Waals surface area contributed by atoms with Crippen LogP contribution >= 0.6 is 31.9 Å². The van der Waals surface area contributed by atoms with Crippen molar-refractivity contribution in [1.29, 1.82) is 0 Å². The van der Waals surface area contributed by atoms with E-state index >= 15 is 0 Å². The van der Waals surface area contributed by atoms with E-state index in [-0.39, 0.29) is 15.2 Å². The highest BCUT2D eigenvalue weighted by molar-refractivity contribution is 9.25. The Labute approximate surface area is 118 Å². The molecule has 98 valence electrons. The molecular weight excluding hydrogens is 356 g/mol. The van der Waals surface area contributed by atoms with Crippen LogP contribution in [0, 0.1) is 11.8 Å². The first kappa shape index (κ1) is 15.0. The van der Waals surface area contributed by atoms with Crippen molar-refractivity contribution in [1.82, 2.24) is 0 Å². The molecule has 0 aliphatic heterocycles. The molecule has 0 spiro atoms. The number of carbonyl (C=O) groups excluding carboxylic acids is 2. The summed E-state index contributed by atoms with van der Waals surface area (Å²) in [5.74, 6) is 0.316. The number of halogens is 2. The maximum absolute atomic E-state index is 11.0. The number of ether oxygens (including phenoxy) is 2. The first-order valence-electron chi connectivity index (χ1n) is 5.45. The molecule has 0 bridgehead atoms. The molecule has 0 aromatic carbocycles. The Morgan fingerprint density at radius 3 is 1.65 bits per heavy atom. The lowest BCUT2D eigenvalue weighted by atomic mass is 10.1. The molecule has 1 saturated carbocycles. The third kappa shape index (κ3) is 3.95. The van der Waals surface area contributed by atoms with Gasteiger partial charge in [-0.3, -0.25) is 9.59 Å². The number of alkyl halides is 2. The Kier molecular flexibility index (Phi) is 5.44. The molecule has 0 unspecified atom stereocenters. The molecule has 0 saturated heterocycles. The zero-order valence-electron chi connectivity index (χ0n) is 9.87. The zero-order valence-corrected chi connectivity index (χ0v) is 13.0. The number of methoxy groups -OCH3 is 2. The second-order valence-corrected chi connectivity index (χ2v) is 7.81. The van der Waals surface area contributed by atoms with E-state index in [1.165, 1.54) is 14.2 Å². The standard InChI is InChI=1S/C11H16Br2O4/c1-16-9(14)5-3-7-8(11(7,12)13)4-6-10(15)17-2/h7-8H,3-6H2,1-2H3/t7-,8+. The molecule has 1 fully saturated rings. The van der Waals surface area contributed by atoms with Crippen molar-refractivity contribution < 1.29 is 19.1 Å². The summed E-state index contributed by atoms with van der Waals surface area (Å²) in [6, 6.07) is 0. The monoisotopic (exact) mass is 370 g/mol. The SMILES string of the molecule is COC(=O)CC[C@@H]1[C@H](CCC(=O)OC)C1(Br)Br. The third-order valence-electron chi connectivity index (χ3n) is 3.14. The van der Waals surface area contributed by atoms with Crippen molar-refractivity contribution in [2.75, 3.05) is 14.2 Å². The van der Waals surface area contributed by atoms with E-state index in [4.69, 9.17) is 0 Å². The van der Waals surface area contributed by atoms with Gasteiger partial charge in [0.2, 0.25) is 0 Å². The lowest BCUT2D eigenvalue weighted by molar-refractivity contribution is -0.141. The van der Waals surface area contributed by atoms with Crippen molar-refractivity contribution in [3.63, 3.8) is 0 Å². The lowest BCUT2D eigenvalue weighted by Gasteiger charge is -1.99. The first-order valence-corrected chi connectivity index (χ1v) is 7.03. The van der Waals surface area contributed by atoms with Gasteiger partial charge in [0.25, 0.3) is 0 Å².